The minimum absolute atomic E-state index is 0.0878. The third-order valence-corrected chi connectivity index (χ3v) is 1.56. The number of aliphatic hydroxyl groups is 1. The van der Waals surface area contributed by atoms with Gasteiger partial charge in [-0.15, -0.1) is 0 Å². The topological polar surface area (TPSA) is 20.2 Å². The van der Waals surface area contributed by atoms with Gasteiger partial charge in [-0.25, -0.2) is 0 Å². The molecule has 0 atom stereocenters. The zero-order valence-electron chi connectivity index (χ0n) is 7.84. The summed E-state index contributed by atoms with van der Waals surface area (Å²) in [5.74, 6) is 5.90. The minimum atomic E-state index is 0.0878. The van der Waals surface area contributed by atoms with Gasteiger partial charge in [0, 0.05) is 6.42 Å². The van der Waals surface area contributed by atoms with Crippen LogP contribution in [0.1, 0.15) is 39.0 Å². The fourth-order valence-electron chi connectivity index (χ4n) is 0.883. The molecule has 0 amide bonds. The van der Waals surface area contributed by atoms with Gasteiger partial charge in [0.1, 0.15) is 0 Å². The van der Waals surface area contributed by atoms with E-state index in [1.165, 1.54) is 25.7 Å². The summed E-state index contributed by atoms with van der Waals surface area (Å²) in [5.41, 5.74) is 0. The van der Waals surface area contributed by atoms with Crippen LogP contribution in [0.3, 0.4) is 0 Å². The molecular formula is C11H18O. The van der Waals surface area contributed by atoms with Gasteiger partial charge >= 0.3 is 0 Å². The first kappa shape index (κ1) is 11.3. The van der Waals surface area contributed by atoms with Crippen LogP contribution in [0.2, 0.25) is 0 Å². The Kier molecular flexibility index (Phi) is 9.63. The number of hydrogen-bond acceptors (Lipinski definition) is 1. The molecule has 0 aliphatic heterocycles. The van der Waals surface area contributed by atoms with E-state index < -0.39 is 0 Å². The fourth-order valence-corrected chi connectivity index (χ4v) is 0.883. The van der Waals surface area contributed by atoms with E-state index in [-0.39, 0.29) is 6.61 Å². The Bertz CT molecular complexity index is 160. The molecule has 0 bridgehead atoms. The lowest BCUT2D eigenvalue weighted by atomic mass is 10.2. The number of hydrogen-bond donors (Lipinski definition) is 1. The van der Waals surface area contributed by atoms with Crippen molar-refractivity contribution < 1.29 is 5.11 Å². The summed E-state index contributed by atoms with van der Waals surface area (Å²) in [7, 11) is 0. The van der Waals surface area contributed by atoms with Gasteiger partial charge in [0.05, 0.1) is 6.61 Å². The van der Waals surface area contributed by atoms with Gasteiger partial charge in [-0.05, 0) is 12.5 Å². The molecule has 0 saturated heterocycles. The van der Waals surface area contributed by atoms with Gasteiger partial charge in [0.15, 0.2) is 0 Å². The number of aliphatic hydroxyl groups excluding tert-OH is 1. The molecule has 0 aromatic rings. The normalized spacial score (nSPS) is 9.83. The van der Waals surface area contributed by atoms with Crippen LogP contribution < -0.4 is 0 Å². The molecule has 1 N–H and O–H groups in total. The second-order valence-corrected chi connectivity index (χ2v) is 2.72. The highest BCUT2D eigenvalue weighted by molar-refractivity contribution is 5.14. The summed E-state index contributed by atoms with van der Waals surface area (Å²) in [6.45, 7) is 2.29. The van der Waals surface area contributed by atoms with Crippen LogP contribution in [0.15, 0.2) is 12.2 Å². The zero-order chi connectivity index (χ0) is 9.07. The van der Waals surface area contributed by atoms with E-state index in [0.717, 1.165) is 6.42 Å². The monoisotopic (exact) mass is 166 g/mol. The Morgan fingerprint density at radius 3 is 2.75 bits per heavy atom. The maximum Gasteiger partial charge on any atom is 0.0621 e. The molecule has 0 spiro atoms. The van der Waals surface area contributed by atoms with E-state index >= 15 is 0 Å². The third kappa shape index (κ3) is 9.26. The number of allylic oxidation sites excluding steroid dienone is 1. The van der Waals surface area contributed by atoms with E-state index in [9.17, 15) is 0 Å². The first-order valence-corrected chi connectivity index (χ1v) is 4.66. The van der Waals surface area contributed by atoms with Gasteiger partial charge in [-0.3, -0.25) is 0 Å². The van der Waals surface area contributed by atoms with Crippen molar-refractivity contribution in [1.29, 1.82) is 0 Å². The largest absolute Gasteiger partial charge is 0.392 e. The molecule has 1 nitrogen and oxygen atoms in total. The molecule has 0 aromatic carbocycles. The highest BCUT2D eigenvalue weighted by Crippen LogP contribution is 2.00. The smallest absolute Gasteiger partial charge is 0.0621 e. The molecule has 0 fully saturated rings. The Morgan fingerprint density at radius 1 is 1.25 bits per heavy atom. The predicted octanol–water partition coefficient (Wildman–Crippen LogP) is 2.51. The average molecular weight is 166 g/mol. The molecule has 12 heavy (non-hydrogen) atoms. The highest BCUT2D eigenvalue weighted by atomic mass is 16.2. The molecule has 0 radical (unpaired) electrons. The Hall–Kier alpha value is -0.740. The SMILES string of the molecule is CCCCCCC#C/C=C\CO. The highest BCUT2D eigenvalue weighted by Gasteiger charge is 1.82. The molecule has 1 heteroatoms. The van der Waals surface area contributed by atoms with E-state index in [4.69, 9.17) is 5.11 Å². The summed E-state index contributed by atoms with van der Waals surface area (Å²) in [4.78, 5) is 0. The van der Waals surface area contributed by atoms with Crippen molar-refractivity contribution >= 4 is 0 Å². The van der Waals surface area contributed by atoms with E-state index in [1.54, 1.807) is 12.2 Å². The lowest BCUT2D eigenvalue weighted by molar-refractivity contribution is 0.343. The van der Waals surface area contributed by atoms with Crippen LogP contribution in [-0.2, 0) is 0 Å². The molecular weight excluding hydrogens is 148 g/mol. The van der Waals surface area contributed by atoms with Crippen molar-refractivity contribution in [2.24, 2.45) is 0 Å². The van der Waals surface area contributed by atoms with E-state index in [0.29, 0.717) is 0 Å². The molecule has 0 aliphatic carbocycles. The van der Waals surface area contributed by atoms with E-state index in [2.05, 4.69) is 18.8 Å². The quantitative estimate of drug-likeness (QED) is 0.491. The summed E-state index contributed by atoms with van der Waals surface area (Å²) in [5, 5.41) is 8.38. The molecule has 0 rings (SSSR count). The van der Waals surface area contributed by atoms with Crippen LogP contribution in [0.5, 0.6) is 0 Å². The van der Waals surface area contributed by atoms with Crippen LogP contribution in [0.4, 0.5) is 0 Å². The number of rotatable bonds is 5. The maximum atomic E-state index is 8.38. The molecule has 0 unspecified atom stereocenters. The van der Waals surface area contributed by atoms with Gasteiger partial charge in [-0.1, -0.05) is 44.1 Å². The lowest BCUT2D eigenvalue weighted by Crippen LogP contribution is -1.73. The Balaban J connectivity index is 3.15. The van der Waals surface area contributed by atoms with Gasteiger partial charge in [0.2, 0.25) is 0 Å². The van der Waals surface area contributed by atoms with Crippen molar-refractivity contribution in [3.8, 4) is 11.8 Å². The summed E-state index contributed by atoms with van der Waals surface area (Å²) in [6.07, 6.45) is 9.42. The van der Waals surface area contributed by atoms with E-state index in [1.807, 2.05) is 0 Å². The Morgan fingerprint density at radius 2 is 2.08 bits per heavy atom. The molecule has 0 saturated carbocycles. The maximum absolute atomic E-state index is 8.38. The first-order chi connectivity index (χ1) is 5.91. The van der Waals surface area contributed by atoms with Crippen molar-refractivity contribution in [3.63, 3.8) is 0 Å². The summed E-state index contributed by atoms with van der Waals surface area (Å²) < 4.78 is 0. The van der Waals surface area contributed by atoms with Crippen LogP contribution in [-0.4, -0.2) is 11.7 Å². The van der Waals surface area contributed by atoms with Crippen LogP contribution >= 0.6 is 0 Å². The molecule has 0 aromatic heterocycles. The van der Waals surface area contributed by atoms with Crippen LogP contribution in [0, 0.1) is 11.8 Å². The predicted molar refractivity (Wildman–Crippen MR) is 52.8 cm³/mol. The summed E-state index contributed by atoms with van der Waals surface area (Å²) >= 11 is 0. The second kappa shape index (κ2) is 10.3. The summed E-state index contributed by atoms with van der Waals surface area (Å²) in [6, 6.07) is 0. The molecule has 0 aliphatic rings. The standard InChI is InChI=1S/C11H18O/c1-2-3-4-5-6-7-8-9-10-11-12/h9-10,12H,2-6,11H2,1H3/b10-9-. The number of unbranched alkanes of at least 4 members (excludes halogenated alkanes) is 4. The zero-order valence-corrected chi connectivity index (χ0v) is 7.84. The average Bonchev–Trinajstić information content (AvgIpc) is 2.10. The molecule has 68 valence electrons. The second-order valence-electron chi connectivity index (χ2n) is 2.72. The lowest BCUT2D eigenvalue weighted by Gasteiger charge is -1.91. The third-order valence-electron chi connectivity index (χ3n) is 1.56. The minimum Gasteiger partial charge on any atom is -0.392 e. The Labute approximate surface area is 75.5 Å². The van der Waals surface area contributed by atoms with Crippen molar-refractivity contribution in [2.75, 3.05) is 6.61 Å². The van der Waals surface area contributed by atoms with Crippen molar-refractivity contribution in [3.05, 3.63) is 12.2 Å². The van der Waals surface area contributed by atoms with Gasteiger partial charge < -0.3 is 5.11 Å². The van der Waals surface area contributed by atoms with Crippen molar-refractivity contribution in [2.45, 2.75) is 39.0 Å². The first-order valence-electron chi connectivity index (χ1n) is 4.66. The van der Waals surface area contributed by atoms with Crippen LogP contribution in [0.25, 0.3) is 0 Å². The fraction of sp³-hybridized carbons (Fsp3) is 0.636. The van der Waals surface area contributed by atoms with Crippen molar-refractivity contribution in [1.82, 2.24) is 0 Å². The van der Waals surface area contributed by atoms with Gasteiger partial charge in [-0.2, -0.15) is 0 Å². The van der Waals surface area contributed by atoms with Gasteiger partial charge in [0.25, 0.3) is 0 Å². The molecule has 0 heterocycles.